The number of aromatic nitrogens is 1. The van der Waals surface area contributed by atoms with Crippen molar-refractivity contribution in [3.05, 3.63) is 47.9 Å². The number of nitrogens with zero attached hydrogens (tertiary/aromatic N) is 1. The molecule has 0 fully saturated rings. The molecule has 0 saturated carbocycles. The van der Waals surface area contributed by atoms with Crippen LogP contribution in [0.5, 0.6) is 0 Å². The number of nitrogens with one attached hydrogen (secondary N) is 2. The number of nitriles is 1. The summed E-state index contributed by atoms with van der Waals surface area (Å²) in [6.45, 7) is 2.00. The van der Waals surface area contributed by atoms with E-state index in [1.165, 1.54) is 11.9 Å². The molecule has 0 unspecified atom stereocenters. The molecule has 2 heterocycles. The molecule has 0 saturated heterocycles. The normalized spacial score (nSPS) is 10.5. The second-order valence-electron chi connectivity index (χ2n) is 4.13. The van der Waals surface area contributed by atoms with Gasteiger partial charge in [-0.1, -0.05) is 6.07 Å². The van der Waals surface area contributed by atoms with Crippen LogP contribution in [-0.4, -0.2) is 4.98 Å². The summed E-state index contributed by atoms with van der Waals surface area (Å²) < 4.78 is 8.49. The highest BCUT2D eigenvalue weighted by molar-refractivity contribution is 8.00. The summed E-state index contributed by atoms with van der Waals surface area (Å²) in [6, 6.07) is 9.93. The lowest BCUT2D eigenvalue weighted by Gasteiger charge is -2.06. The maximum atomic E-state index is 9.11. The summed E-state index contributed by atoms with van der Waals surface area (Å²) in [7, 11) is 0. The van der Waals surface area contributed by atoms with E-state index in [0.717, 1.165) is 27.2 Å². The second-order valence-corrected chi connectivity index (χ2v) is 4.94. The second kappa shape index (κ2) is 4.75. The molecule has 2 N–H and O–H groups in total. The van der Waals surface area contributed by atoms with Crippen molar-refractivity contribution in [2.24, 2.45) is 0 Å². The first-order valence-corrected chi connectivity index (χ1v) is 6.58. The minimum atomic E-state index is 0.666. The highest BCUT2D eigenvalue weighted by atomic mass is 32.2. The van der Waals surface area contributed by atoms with Crippen LogP contribution < -0.4 is 4.72 Å². The first-order chi connectivity index (χ1) is 9.29. The molecule has 5 heteroatoms. The Kier molecular flexibility index (Phi) is 2.94. The molecule has 0 atom stereocenters. The Hall–Kier alpha value is -2.32. The van der Waals surface area contributed by atoms with E-state index in [1.807, 2.05) is 31.2 Å². The van der Waals surface area contributed by atoms with E-state index >= 15 is 0 Å². The molecular weight excluding hydrogens is 258 g/mol. The zero-order valence-corrected chi connectivity index (χ0v) is 11.0. The minimum Gasteiger partial charge on any atom is -0.456 e. The van der Waals surface area contributed by atoms with Gasteiger partial charge in [-0.3, -0.25) is 0 Å². The number of hydrogen-bond acceptors (Lipinski definition) is 4. The summed E-state index contributed by atoms with van der Waals surface area (Å²) in [5, 5.41) is 10.9. The van der Waals surface area contributed by atoms with Gasteiger partial charge in [0.15, 0.2) is 5.09 Å². The Morgan fingerprint density at radius 3 is 3.00 bits per heavy atom. The van der Waals surface area contributed by atoms with Gasteiger partial charge in [0.1, 0.15) is 6.07 Å². The zero-order chi connectivity index (χ0) is 13.2. The molecule has 0 amide bonds. The third kappa shape index (κ3) is 2.07. The van der Waals surface area contributed by atoms with E-state index in [9.17, 15) is 0 Å². The molecule has 4 nitrogen and oxygen atoms in total. The van der Waals surface area contributed by atoms with Crippen molar-refractivity contribution < 1.29 is 4.42 Å². The van der Waals surface area contributed by atoms with Crippen LogP contribution in [0.1, 0.15) is 11.1 Å². The number of fused-ring (bicyclic) bond motifs is 1. The number of furan rings is 1. The lowest BCUT2D eigenvalue weighted by atomic mass is 10.1. The average molecular weight is 269 g/mol. The van der Waals surface area contributed by atoms with Crippen LogP contribution in [-0.2, 0) is 0 Å². The predicted octanol–water partition coefficient (Wildman–Crippen LogP) is 4.06. The first-order valence-electron chi connectivity index (χ1n) is 5.77. The summed E-state index contributed by atoms with van der Waals surface area (Å²) in [5.41, 5.74) is 3.62. The van der Waals surface area contributed by atoms with Crippen LogP contribution in [0.2, 0.25) is 0 Å². The van der Waals surface area contributed by atoms with Crippen LogP contribution in [0.4, 0.5) is 5.69 Å². The lowest BCUT2D eigenvalue weighted by molar-refractivity contribution is 0.475. The third-order valence-electron chi connectivity index (χ3n) is 2.92. The molecule has 0 aliphatic heterocycles. The van der Waals surface area contributed by atoms with Crippen molar-refractivity contribution in [1.29, 1.82) is 5.26 Å². The Morgan fingerprint density at radius 1 is 1.37 bits per heavy atom. The first kappa shape index (κ1) is 11.8. The van der Waals surface area contributed by atoms with Crippen molar-refractivity contribution in [2.75, 3.05) is 4.72 Å². The van der Waals surface area contributed by atoms with Gasteiger partial charge in [0.05, 0.1) is 23.0 Å². The molecule has 0 aliphatic rings. The molecule has 2 aromatic heterocycles. The van der Waals surface area contributed by atoms with E-state index in [0.29, 0.717) is 5.56 Å². The lowest BCUT2D eigenvalue weighted by Crippen LogP contribution is -1.89. The summed E-state index contributed by atoms with van der Waals surface area (Å²) in [6.07, 6.45) is 3.37. The molecule has 0 aliphatic carbocycles. The van der Waals surface area contributed by atoms with Gasteiger partial charge in [-0.15, -0.1) is 0 Å². The van der Waals surface area contributed by atoms with Gasteiger partial charge in [-0.05, 0) is 30.7 Å². The molecule has 19 heavy (non-hydrogen) atoms. The summed E-state index contributed by atoms with van der Waals surface area (Å²) in [4.78, 5) is 3.15. The molecule has 3 rings (SSSR count). The van der Waals surface area contributed by atoms with Crippen molar-refractivity contribution in [3.63, 3.8) is 0 Å². The molecule has 94 valence electrons. The van der Waals surface area contributed by atoms with Gasteiger partial charge in [-0.2, -0.15) is 5.26 Å². The Labute approximate surface area is 114 Å². The molecule has 0 radical (unpaired) electrons. The number of anilines is 1. The minimum absolute atomic E-state index is 0.666. The van der Waals surface area contributed by atoms with Crippen molar-refractivity contribution in [2.45, 2.75) is 12.0 Å². The van der Waals surface area contributed by atoms with Crippen molar-refractivity contribution in [3.8, 4) is 6.07 Å². The predicted molar refractivity (Wildman–Crippen MR) is 75.9 cm³/mol. The monoisotopic (exact) mass is 269 g/mol. The number of rotatable bonds is 3. The van der Waals surface area contributed by atoms with Crippen LogP contribution in [0.15, 0.2) is 46.2 Å². The largest absolute Gasteiger partial charge is 0.456 e. The van der Waals surface area contributed by atoms with Gasteiger partial charge in [0.25, 0.3) is 0 Å². The van der Waals surface area contributed by atoms with Crippen molar-refractivity contribution >= 4 is 28.5 Å². The van der Waals surface area contributed by atoms with Gasteiger partial charge >= 0.3 is 0 Å². The van der Waals surface area contributed by atoms with E-state index in [4.69, 9.17) is 9.68 Å². The van der Waals surface area contributed by atoms with Crippen molar-refractivity contribution in [1.82, 2.24) is 4.98 Å². The molecule has 0 spiro atoms. The Balaban J connectivity index is 1.98. The fourth-order valence-corrected chi connectivity index (χ4v) is 2.65. The third-order valence-corrected chi connectivity index (χ3v) is 3.68. The topological polar surface area (TPSA) is 64.8 Å². The maximum Gasteiger partial charge on any atom is 0.180 e. The van der Waals surface area contributed by atoms with E-state index in [2.05, 4.69) is 15.8 Å². The summed E-state index contributed by atoms with van der Waals surface area (Å²) >= 11 is 1.40. The molecule has 3 aromatic rings. The SMILES string of the molecule is Cc1ccc(NSc2ccco2)c2[nH]cc(C#N)c12. The molecule has 1 aromatic carbocycles. The van der Waals surface area contributed by atoms with Gasteiger partial charge in [-0.25, -0.2) is 0 Å². The van der Waals surface area contributed by atoms with E-state index in [1.54, 1.807) is 12.5 Å². The average Bonchev–Trinajstić information content (AvgIpc) is 3.07. The smallest absolute Gasteiger partial charge is 0.180 e. The molecule has 0 bridgehead atoms. The Morgan fingerprint density at radius 2 is 2.26 bits per heavy atom. The van der Waals surface area contributed by atoms with Crippen LogP contribution in [0.3, 0.4) is 0 Å². The highest BCUT2D eigenvalue weighted by Gasteiger charge is 2.10. The van der Waals surface area contributed by atoms with Crippen LogP contribution in [0, 0.1) is 18.3 Å². The maximum absolute atomic E-state index is 9.11. The van der Waals surface area contributed by atoms with Crippen LogP contribution in [0.25, 0.3) is 10.9 Å². The number of aromatic amines is 1. The fraction of sp³-hybridized carbons (Fsp3) is 0.0714. The fourth-order valence-electron chi connectivity index (χ4n) is 2.02. The summed E-state index contributed by atoms with van der Waals surface area (Å²) in [5.74, 6) is 0. The number of benzene rings is 1. The number of hydrogen-bond donors (Lipinski definition) is 2. The standard InChI is InChI=1S/C14H11N3OS/c1-9-4-5-11(17-19-12-3-2-6-18-12)14-13(9)10(7-15)8-16-14/h2-6,8,16-17H,1H3. The quantitative estimate of drug-likeness (QED) is 0.704. The zero-order valence-electron chi connectivity index (χ0n) is 10.2. The van der Waals surface area contributed by atoms with Crippen LogP contribution >= 0.6 is 11.9 Å². The van der Waals surface area contributed by atoms with Gasteiger partial charge in [0, 0.05) is 23.5 Å². The molecular formula is C14H11N3OS. The number of aryl methyl sites for hydroxylation is 1. The highest BCUT2D eigenvalue weighted by Crippen LogP contribution is 2.31. The van der Waals surface area contributed by atoms with Gasteiger partial charge in [0.2, 0.25) is 0 Å². The Bertz CT molecular complexity index is 753. The van der Waals surface area contributed by atoms with E-state index in [-0.39, 0.29) is 0 Å². The van der Waals surface area contributed by atoms with E-state index < -0.39 is 0 Å². The van der Waals surface area contributed by atoms with Gasteiger partial charge < -0.3 is 14.1 Å². The number of H-pyrrole nitrogens is 1.